The summed E-state index contributed by atoms with van der Waals surface area (Å²) in [7, 11) is 0. The van der Waals surface area contributed by atoms with Gasteiger partial charge < -0.3 is 10.5 Å². The van der Waals surface area contributed by atoms with Crippen molar-refractivity contribution in [2.24, 2.45) is 5.92 Å². The minimum Gasteiger partial charge on any atom is -0.459 e. The number of anilines is 1. The van der Waals surface area contributed by atoms with Crippen LogP contribution >= 0.6 is 15.9 Å². The minimum atomic E-state index is -0.255. The van der Waals surface area contributed by atoms with Crippen LogP contribution in [0.1, 0.15) is 43.0 Å². The van der Waals surface area contributed by atoms with E-state index in [1.807, 2.05) is 0 Å². The van der Waals surface area contributed by atoms with Crippen molar-refractivity contribution in [3.63, 3.8) is 0 Å². The molecule has 1 aromatic carbocycles. The number of rotatable bonds is 2. The van der Waals surface area contributed by atoms with Crippen molar-refractivity contribution in [1.29, 1.82) is 0 Å². The fourth-order valence-corrected chi connectivity index (χ4v) is 2.74. The summed E-state index contributed by atoms with van der Waals surface area (Å²) in [6.07, 6.45) is 4.40. The fraction of sp³-hybridized carbons (Fsp3) is 0.500. The van der Waals surface area contributed by atoms with E-state index in [0.717, 1.165) is 23.7 Å². The molecule has 0 amide bonds. The van der Waals surface area contributed by atoms with Crippen LogP contribution in [0, 0.1) is 5.92 Å². The lowest BCUT2D eigenvalue weighted by molar-refractivity contribution is 0.0155. The second kappa shape index (κ2) is 5.74. The highest BCUT2D eigenvalue weighted by atomic mass is 79.9. The van der Waals surface area contributed by atoms with E-state index >= 15 is 0 Å². The van der Waals surface area contributed by atoms with E-state index in [2.05, 4.69) is 22.9 Å². The second-order valence-corrected chi connectivity index (χ2v) is 5.89. The molecular formula is C14H18BrNO2. The topological polar surface area (TPSA) is 52.3 Å². The Hall–Kier alpha value is -1.03. The van der Waals surface area contributed by atoms with Crippen molar-refractivity contribution in [2.75, 3.05) is 5.73 Å². The molecule has 1 saturated carbocycles. The average Bonchev–Trinajstić information content (AvgIpc) is 2.32. The molecule has 0 saturated heterocycles. The number of ether oxygens (including phenoxy) is 1. The lowest BCUT2D eigenvalue weighted by Crippen LogP contribution is -2.24. The smallest absolute Gasteiger partial charge is 0.338 e. The van der Waals surface area contributed by atoms with Crippen LogP contribution in [0.25, 0.3) is 0 Å². The molecule has 0 bridgehead atoms. The summed E-state index contributed by atoms with van der Waals surface area (Å²) < 4.78 is 6.27. The average molecular weight is 312 g/mol. The zero-order valence-corrected chi connectivity index (χ0v) is 12.1. The van der Waals surface area contributed by atoms with Gasteiger partial charge in [-0.3, -0.25) is 0 Å². The van der Waals surface area contributed by atoms with E-state index in [4.69, 9.17) is 10.5 Å². The molecule has 2 rings (SSSR count). The minimum absolute atomic E-state index is 0.0672. The first-order valence-electron chi connectivity index (χ1n) is 6.32. The van der Waals surface area contributed by atoms with Gasteiger partial charge in [0.25, 0.3) is 0 Å². The summed E-state index contributed by atoms with van der Waals surface area (Å²) in [5.41, 5.74) is 6.87. The molecule has 0 heterocycles. The molecule has 1 fully saturated rings. The van der Waals surface area contributed by atoms with Gasteiger partial charge in [0, 0.05) is 10.2 Å². The molecule has 18 heavy (non-hydrogen) atoms. The van der Waals surface area contributed by atoms with Gasteiger partial charge in [0.1, 0.15) is 6.10 Å². The number of nitrogen functional groups attached to an aromatic ring is 1. The van der Waals surface area contributed by atoms with Crippen LogP contribution in [0.3, 0.4) is 0 Å². The summed E-state index contributed by atoms with van der Waals surface area (Å²) in [4.78, 5) is 12.0. The van der Waals surface area contributed by atoms with Crippen LogP contribution in [-0.4, -0.2) is 12.1 Å². The van der Waals surface area contributed by atoms with E-state index in [9.17, 15) is 4.79 Å². The van der Waals surface area contributed by atoms with Gasteiger partial charge in [0.15, 0.2) is 0 Å². The van der Waals surface area contributed by atoms with Gasteiger partial charge in [-0.2, -0.15) is 0 Å². The third-order valence-corrected chi connectivity index (χ3v) is 4.08. The number of esters is 1. The fourth-order valence-electron chi connectivity index (χ4n) is 2.36. The quantitative estimate of drug-likeness (QED) is 0.668. The largest absolute Gasteiger partial charge is 0.459 e. The summed E-state index contributed by atoms with van der Waals surface area (Å²) in [6.45, 7) is 2.21. The molecule has 0 spiro atoms. The molecule has 98 valence electrons. The monoisotopic (exact) mass is 311 g/mol. The molecule has 0 aliphatic heterocycles. The molecule has 0 radical (unpaired) electrons. The lowest BCUT2D eigenvalue weighted by atomic mass is 9.89. The molecular weight excluding hydrogens is 294 g/mol. The van der Waals surface area contributed by atoms with E-state index in [-0.39, 0.29) is 12.1 Å². The van der Waals surface area contributed by atoms with E-state index in [1.54, 1.807) is 18.2 Å². The van der Waals surface area contributed by atoms with Crippen molar-refractivity contribution in [2.45, 2.75) is 38.7 Å². The standard InChI is InChI=1S/C14H18BrNO2/c1-9-3-2-4-11(7-9)18-14(17)10-5-6-13(16)12(15)8-10/h5-6,8-9,11H,2-4,7,16H2,1H3. The van der Waals surface area contributed by atoms with Gasteiger partial charge in [0.2, 0.25) is 0 Å². The Labute approximate surface area is 116 Å². The first kappa shape index (κ1) is 13.4. The van der Waals surface area contributed by atoms with E-state index in [1.165, 1.54) is 6.42 Å². The van der Waals surface area contributed by atoms with Crippen molar-refractivity contribution in [3.8, 4) is 0 Å². The van der Waals surface area contributed by atoms with Crippen LogP contribution in [-0.2, 0) is 4.74 Å². The molecule has 1 aliphatic carbocycles. The Kier molecular flexibility index (Phi) is 4.27. The van der Waals surface area contributed by atoms with Gasteiger partial charge in [-0.05, 0) is 59.3 Å². The third-order valence-electron chi connectivity index (χ3n) is 3.40. The number of nitrogens with two attached hydrogens (primary N) is 1. The number of hydrogen-bond acceptors (Lipinski definition) is 3. The molecule has 2 unspecified atom stereocenters. The Bertz CT molecular complexity index is 447. The zero-order valence-electron chi connectivity index (χ0n) is 10.5. The summed E-state index contributed by atoms with van der Waals surface area (Å²) >= 11 is 3.32. The normalized spacial score (nSPS) is 23.7. The van der Waals surface area contributed by atoms with E-state index < -0.39 is 0 Å². The number of halogens is 1. The second-order valence-electron chi connectivity index (χ2n) is 5.04. The van der Waals surface area contributed by atoms with Crippen LogP contribution in [0.4, 0.5) is 5.69 Å². The Morgan fingerprint density at radius 2 is 2.22 bits per heavy atom. The van der Waals surface area contributed by atoms with Gasteiger partial charge >= 0.3 is 5.97 Å². The predicted octanol–water partition coefficient (Wildman–Crippen LogP) is 3.77. The maximum Gasteiger partial charge on any atom is 0.338 e. The highest BCUT2D eigenvalue weighted by molar-refractivity contribution is 9.10. The molecule has 3 nitrogen and oxygen atoms in total. The summed E-state index contributed by atoms with van der Waals surface area (Å²) in [6, 6.07) is 5.13. The van der Waals surface area contributed by atoms with E-state index in [0.29, 0.717) is 17.2 Å². The maximum absolute atomic E-state index is 12.0. The molecule has 0 aromatic heterocycles. The third kappa shape index (κ3) is 3.25. The SMILES string of the molecule is CC1CCCC(OC(=O)c2ccc(N)c(Br)c2)C1. The van der Waals surface area contributed by atoms with Crippen molar-refractivity contribution in [3.05, 3.63) is 28.2 Å². The molecule has 1 aromatic rings. The van der Waals surface area contributed by atoms with Crippen LogP contribution in [0.5, 0.6) is 0 Å². The zero-order chi connectivity index (χ0) is 13.1. The highest BCUT2D eigenvalue weighted by Gasteiger charge is 2.22. The predicted molar refractivity (Wildman–Crippen MR) is 75.4 cm³/mol. The molecule has 2 N–H and O–H groups in total. The highest BCUT2D eigenvalue weighted by Crippen LogP contribution is 2.27. The molecule has 1 aliphatic rings. The molecule has 4 heteroatoms. The van der Waals surface area contributed by atoms with Gasteiger partial charge in [-0.15, -0.1) is 0 Å². The van der Waals surface area contributed by atoms with Crippen molar-refractivity contribution in [1.82, 2.24) is 0 Å². The number of hydrogen-bond donors (Lipinski definition) is 1. The first-order chi connectivity index (χ1) is 8.56. The van der Waals surface area contributed by atoms with Crippen LogP contribution in [0.15, 0.2) is 22.7 Å². The number of carbonyl (C=O) groups excluding carboxylic acids is 1. The van der Waals surface area contributed by atoms with Crippen molar-refractivity contribution >= 4 is 27.6 Å². The van der Waals surface area contributed by atoms with Crippen LogP contribution in [0.2, 0.25) is 0 Å². The summed E-state index contributed by atoms with van der Waals surface area (Å²) in [5.74, 6) is 0.393. The van der Waals surface area contributed by atoms with Crippen LogP contribution < -0.4 is 5.73 Å². The Morgan fingerprint density at radius 1 is 1.44 bits per heavy atom. The maximum atomic E-state index is 12.0. The summed E-state index contributed by atoms with van der Waals surface area (Å²) in [5, 5.41) is 0. The first-order valence-corrected chi connectivity index (χ1v) is 7.11. The van der Waals surface area contributed by atoms with Crippen molar-refractivity contribution < 1.29 is 9.53 Å². The van der Waals surface area contributed by atoms with Gasteiger partial charge in [-0.1, -0.05) is 13.3 Å². The lowest BCUT2D eigenvalue weighted by Gasteiger charge is -2.26. The van der Waals surface area contributed by atoms with Gasteiger partial charge in [-0.25, -0.2) is 4.79 Å². The number of benzene rings is 1. The van der Waals surface area contributed by atoms with Gasteiger partial charge in [0.05, 0.1) is 5.56 Å². The Morgan fingerprint density at radius 3 is 2.89 bits per heavy atom. The molecule has 2 atom stereocenters. The Balaban J connectivity index is 2.00. The number of carbonyl (C=O) groups is 1.